The smallest absolute Gasteiger partial charge is 0.0956 e. The summed E-state index contributed by atoms with van der Waals surface area (Å²) in [7, 11) is 0. The van der Waals surface area contributed by atoms with Gasteiger partial charge in [-0.3, -0.25) is 0 Å². The van der Waals surface area contributed by atoms with Gasteiger partial charge in [0, 0.05) is 23.7 Å². The Morgan fingerprint density at radius 3 is 2.71 bits per heavy atom. The summed E-state index contributed by atoms with van der Waals surface area (Å²) in [6.07, 6.45) is 1.72. The first-order valence-corrected chi connectivity index (χ1v) is 5.91. The fraction of sp³-hybridized carbons (Fsp3) is 0.167. The summed E-state index contributed by atoms with van der Waals surface area (Å²) in [5.41, 5.74) is 8.28. The Morgan fingerprint density at radius 2 is 2.12 bits per heavy atom. The van der Waals surface area contributed by atoms with Crippen molar-refractivity contribution in [2.75, 3.05) is 0 Å². The number of nitrogens with zero attached hydrogens (tertiary/aromatic N) is 2. The second-order valence-corrected chi connectivity index (χ2v) is 4.41. The van der Waals surface area contributed by atoms with Gasteiger partial charge >= 0.3 is 0 Å². The highest BCUT2D eigenvalue weighted by atomic mass is 35.5. The molecule has 3 nitrogen and oxygen atoms in total. The molecule has 0 saturated carbocycles. The molecule has 0 atom stereocenters. The van der Waals surface area contributed by atoms with Gasteiger partial charge in [0.15, 0.2) is 0 Å². The highest BCUT2D eigenvalue weighted by Gasteiger charge is 2.13. The lowest BCUT2D eigenvalue weighted by atomic mass is 10.1. The molecule has 2 rings (SSSR count). The molecule has 0 spiro atoms. The lowest BCUT2D eigenvalue weighted by Gasteiger charge is -2.07. The van der Waals surface area contributed by atoms with Crippen LogP contribution in [0.5, 0.6) is 0 Å². The predicted octanol–water partition coefficient (Wildman–Crippen LogP) is 3.15. The number of nitrogens with two attached hydrogens (primary N) is 1. The standard InChI is InChI=1S/C12H12Cl2N3/c1-2-17-7-16-12(11(17)6-15)9-4-3-8(13)5-10(9)14/h3-5,7H,1-2,6,15H2. The largest absolute Gasteiger partial charge is 0.333 e. The van der Waals surface area contributed by atoms with Crippen molar-refractivity contribution in [3.05, 3.63) is 47.2 Å². The summed E-state index contributed by atoms with van der Waals surface area (Å²) < 4.78 is 1.90. The van der Waals surface area contributed by atoms with E-state index in [4.69, 9.17) is 28.9 Å². The molecule has 1 heterocycles. The number of halogens is 2. The third-order valence-corrected chi connectivity index (χ3v) is 3.11. The van der Waals surface area contributed by atoms with E-state index in [1.807, 2.05) is 10.6 Å². The second kappa shape index (κ2) is 5.08. The molecule has 89 valence electrons. The van der Waals surface area contributed by atoms with E-state index in [0.29, 0.717) is 23.1 Å². The fourth-order valence-electron chi connectivity index (χ4n) is 1.72. The van der Waals surface area contributed by atoms with Gasteiger partial charge in [0.25, 0.3) is 0 Å². The minimum Gasteiger partial charge on any atom is -0.333 e. The molecule has 1 aromatic carbocycles. The van der Waals surface area contributed by atoms with Crippen molar-refractivity contribution in [2.24, 2.45) is 5.73 Å². The molecule has 0 fully saturated rings. The summed E-state index contributed by atoms with van der Waals surface area (Å²) in [6.45, 7) is 4.80. The van der Waals surface area contributed by atoms with Gasteiger partial charge in [0.1, 0.15) is 0 Å². The molecule has 0 amide bonds. The third-order valence-electron chi connectivity index (χ3n) is 2.57. The zero-order chi connectivity index (χ0) is 12.4. The number of aromatic nitrogens is 2. The summed E-state index contributed by atoms with van der Waals surface area (Å²) >= 11 is 12.0. The van der Waals surface area contributed by atoms with Crippen molar-refractivity contribution in [1.82, 2.24) is 9.55 Å². The van der Waals surface area contributed by atoms with Crippen LogP contribution in [0.2, 0.25) is 10.0 Å². The van der Waals surface area contributed by atoms with Gasteiger partial charge in [-0.1, -0.05) is 23.2 Å². The molecule has 5 heteroatoms. The van der Waals surface area contributed by atoms with Crippen molar-refractivity contribution in [3.8, 4) is 11.3 Å². The minimum absolute atomic E-state index is 0.393. The second-order valence-electron chi connectivity index (χ2n) is 3.56. The van der Waals surface area contributed by atoms with Gasteiger partial charge in [0.05, 0.1) is 22.7 Å². The molecule has 0 aliphatic heterocycles. The fourth-order valence-corrected chi connectivity index (χ4v) is 2.22. The third kappa shape index (κ3) is 2.32. The Morgan fingerprint density at radius 1 is 1.35 bits per heavy atom. The van der Waals surface area contributed by atoms with Crippen LogP contribution in [0.1, 0.15) is 5.69 Å². The molecule has 0 unspecified atom stereocenters. The van der Waals surface area contributed by atoms with E-state index in [2.05, 4.69) is 11.9 Å². The number of rotatable bonds is 3. The van der Waals surface area contributed by atoms with Crippen LogP contribution in [-0.2, 0) is 13.1 Å². The Bertz CT molecular complexity index is 535. The van der Waals surface area contributed by atoms with E-state index in [9.17, 15) is 0 Å². The van der Waals surface area contributed by atoms with E-state index in [0.717, 1.165) is 17.0 Å². The van der Waals surface area contributed by atoms with Gasteiger partial charge in [-0.05, 0) is 25.1 Å². The first-order valence-electron chi connectivity index (χ1n) is 5.16. The zero-order valence-electron chi connectivity index (χ0n) is 9.16. The molecule has 2 aromatic rings. The molecule has 1 aromatic heterocycles. The van der Waals surface area contributed by atoms with Crippen LogP contribution >= 0.6 is 23.2 Å². The number of benzene rings is 1. The maximum absolute atomic E-state index is 6.16. The van der Waals surface area contributed by atoms with Gasteiger partial charge in [-0.25, -0.2) is 4.98 Å². The molecule has 0 aliphatic rings. The molecule has 2 N–H and O–H groups in total. The monoisotopic (exact) mass is 268 g/mol. The molecule has 0 saturated heterocycles. The van der Waals surface area contributed by atoms with Gasteiger partial charge in [-0.2, -0.15) is 0 Å². The van der Waals surface area contributed by atoms with Crippen LogP contribution in [0.25, 0.3) is 11.3 Å². The lowest BCUT2D eigenvalue weighted by molar-refractivity contribution is 0.755. The Balaban J connectivity index is 2.56. The highest BCUT2D eigenvalue weighted by molar-refractivity contribution is 6.36. The maximum Gasteiger partial charge on any atom is 0.0956 e. The van der Waals surface area contributed by atoms with Crippen LogP contribution in [0.15, 0.2) is 24.5 Å². The van der Waals surface area contributed by atoms with Crippen LogP contribution in [0.3, 0.4) is 0 Å². The van der Waals surface area contributed by atoms with Gasteiger partial charge in [-0.15, -0.1) is 0 Å². The number of hydrogen-bond acceptors (Lipinski definition) is 2. The van der Waals surface area contributed by atoms with E-state index >= 15 is 0 Å². The molecule has 1 radical (unpaired) electrons. The average molecular weight is 269 g/mol. The van der Waals surface area contributed by atoms with Gasteiger partial charge < -0.3 is 10.3 Å². The predicted molar refractivity (Wildman–Crippen MR) is 70.9 cm³/mol. The van der Waals surface area contributed by atoms with Crippen molar-refractivity contribution in [2.45, 2.75) is 13.1 Å². The van der Waals surface area contributed by atoms with Crippen LogP contribution in [0.4, 0.5) is 0 Å². The van der Waals surface area contributed by atoms with Crippen molar-refractivity contribution in [3.63, 3.8) is 0 Å². The van der Waals surface area contributed by atoms with E-state index in [-0.39, 0.29) is 0 Å². The van der Waals surface area contributed by atoms with E-state index < -0.39 is 0 Å². The maximum atomic E-state index is 6.16. The normalized spacial score (nSPS) is 10.8. The summed E-state index contributed by atoms with van der Waals surface area (Å²) in [6, 6.07) is 5.33. The first-order chi connectivity index (χ1) is 8.17. The van der Waals surface area contributed by atoms with E-state index in [1.54, 1.807) is 18.5 Å². The van der Waals surface area contributed by atoms with Crippen molar-refractivity contribution in [1.29, 1.82) is 0 Å². The minimum atomic E-state index is 0.393. The van der Waals surface area contributed by atoms with Crippen molar-refractivity contribution >= 4 is 23.2 Å². The quantitative estimate of drug-likeness (QED) is 0.930. The average Bonchev–Trinajstić information content (AvgIpc) is 2.71. The zero-order valence-corrected chi connectivity index (χ0v) is 10.7. The topological polar surface area (TPSA) is 43.8 Å². The van der Waals surface area contributed by atoms with Gasteiger partial charge in [0.2, 0.25) is 0 Å². The highest BCUT2D eigenvalue weighted by Crippen LogP contribution is 2.31. The Kier molecular flexibility index (Phi) is 3.72. The van der Waals surface area contributed by atoms with Crippen molar-refractivity contribution < 1.29 is 0 Å². The molecule has 0 aliphatic carbocycles. The Hall–Kier alpha value is -1.03. The summed E-state index contributed by atoms with van der Waals surface area (Å²) in [5.74, 6) is 0. The summed E-state index contributed by atoms with van der Waals surface area (Å²) in [4.78, 5) is 4.33. The van der Waals surface area contributed by atoms with Crippen LogP contribution < -0.4 is 5.73 Å². The molecule has 0 bridgehead atoms. The number of hydrogen-bond donors (Lipinski definition) is 1. The first kappa shape index (κ1) is 12.4. The van der Waals surface area contributed by atoms with E-state index in [1.165, 1.54) is 0 Å². The van der Waals surface area contributed by atoms with Crippen LogP contribution in [-0.4, -0.2) is 9.55 Å². The number of imidazole rings is 1. The SMILES string of the molecule is [CH2]Cn1cnc(-c2ccc(Cl)cc2Cl)c1CN. The van der Waals surface area contributed by atoms with Crippen LogP contribution in [0, 0.1) is 6.92 Å². The summed E-state index contributed by atoms with van der Waals surface area (Å²) in [5, 5.41) is 1.17. The molecule has 17 heavy (non-hydrogen) atoms. The Labute approximate surface area is 110 Å². The molecular formula is C12H12Cl2N3. The lowest BCUT2D eigenvalue weighted by Crippen LogP contribution is -2.06. The molecular weight excluding hydrogens is 257 g/mol.